The van der Waals surface area contributed by atoms with Crippen molar-refractivity contribution in [1.82, 2.24) is 4.90 Å². The van der Waals surface area contributed by atoms with Crippen LogP contribution in [0.15, 0.2) is 0 Å². The van der Waals surface area contributed by atoms with Crippen molar-refractivity contribution in [2.75, 3.05) is 20.1 Å². The molecule has 0 fully saturated rings. The highest BCUT2D eigenvalue weighted by molar-refractivity contribution is 4.77. The van der Waals surface area contributed by atoms with E-state index in [1.165, 1.54) is 25.8 Å². The van der Waals surface area contributed by atoms with Gasteiger partial charge in [0.05, 0.1) is 0 Å². The van der Waals surface area contributed by atoms with Crippen LogP contribution < -0.4 is 5.73 Å². The van der Waals surface area contributed by atoms with Gasteiger partial charge in [0.25, 0.3) is 0 Å². The first-order valence-electron chi connectivity index (χ1n) is 5.85. The van der Waals surface area contributed by atoms with E-state index < -0.39 is 0 Å². The number of rotatable bonds is 7. The predicted octanol–water partition coefficient (Wildman–Crippen LogP) is 2.48. The summed E-state index contributed by atoms with van der Waals surface area (Å²) in [4.78, 5) is 2.45. The van der Waals surface area contributed by atoms with Gasteiger partial charge in [0.1, 0.15) is 0 Å². The van der Waals surface area contributed by atoms with E-state index in [1.54, 1.807) is 0 Å². The second-order valence-electron chi connectivity index (χ2n) is 5.07. The normalized spacial score (nSPS) is 14.8. The molecule has 2 heteroatoms. The van der Waals surface area contributed by atoms with Crippen molar-refractivity contribution in [3.8, 4) is 0 Å². The molecule has 0 saturated heterocycles. The Morgan fingerprint density at radius 2 is 1.93 bits per heavy atom. The molecule has 0 heterocycles. The van der Waals surface area contributed by atoms with Gasteiger partial charge in [-0.05, 0) is 59.2 Å². The summed E-state index contributed by atoms with van der Waals surface area (Å²) in [5, 5.41) is 0. The maximum atomic E-state index is 5.59. The van der Waals surface area contributed by atoms with Gasteiger partial charge in [-0.2, -0.15) is 0 Å². The molecule has 2 nitrogen and oxygen atoms in total. The summed E-state index contributed by atoms with van der Waals surface area (Å²) in [6.07, 6.45) is 3.72. The lowest BCUT2D eigenvalue weighted by molar-refractivity contribution is 0.146. The molecule has 0 aromatic rings. The zero-order valence-electron chi connectivity index (χ0n) is 10.6. The van der Waals surface area contributed by atoms with Crippen LogP contribution in [-0.2, 0) is 0 Å². The Labute approximate surface area is 89.9 Å². The Bertz CT molecular complexity index is 143. The third-order valence-corrected chi connectivity index (χ3v) is 3.49. The Morgan fingerprint density at radius 1 is 1.36 bits per heavy atom. The number of hydrogen-bond donors (Lipinski definition) is 1. The van der Waals surface area contributed by atoms with Crippen LogP contribution in [0.4, 0.5) is 0 Å². The van der Waals surface area contributed by atoms with Gasteiger partial charge in [0.2, 0.25) is 0 Å². The van der Waals surface area contributed by atoms with Crippen LogP contribution in [0, 0.1) is 5.92 Å². The van der Waals surface area contributed by atoms with E-state index in [0.717, 1.165) is 6.54 Å². The summed E-state index contributed by atoms with van der Waals surface area (Å²) < 4.78 is 0. The van der Waals surface area contributed by atoms with Gasteiger partial charge in [-0.1, -0.05) is 13.8 Å². The van der Waals surface area contributed by atoms with Crippen molar-refractivity contribution in [3.05, 3.63) is 0 Å². The van der Waals surface area contributed by atoms with Gasteiger partial charge in [-0.3, -0.25) is 0 Å². The topological polar surface area (TPSA) is 29.3 Å². The minimum absolute atomic E-state index is 0.339. The molecule has 0 rings (SSSR count). The summed E-state index contributed by atoms with van der Waals surface area (Å²) in [7, 11) is 2.22. The SMILES string of the molecule is CCC(C)(C)N(C)CCCC(C)CN. The smallest absolute Gasteiger partial charge is 0.0147 e. The quantitative estimate of drug-likeness (QED) is 0.684. The van der Waals surface area contributed by atoms with Gasteiger partial charge < -0.3 is 10.6 Å². The van der Waals surface area contributed by atoms with Crippen molar-refractivity contribution in [2.24, 2.45) is 11.7 Å². The third kappa shape index (κ3) is 4.97. The van der Waals surface area contributed by atoms with E-state index in [9.17, 15) is 0 Å². The lowest BCUT2D eigenvalue weighted by atomic mass is 9.99. The van der Waals surface area contributed by atoms with Crippen LogP contribution in [-0.4, -0.2) is 30.6 Å². The van der Waals surface area contributed by atoms with Crippen LogP contribution in [0.5, 0.6) is 0 Å². The lowest BCUT2D eigenvalue weighted by Crippen LogP contribution is -2.41. The summed E-state index contributed by atoms with van der Waals surface area (Å²) >= 11 is 0. The van der Waals surface area contributed by atoms with Crippen molar-refractivity contribution < 1.29 is 0 Å². The molecule has 0 aromatic carbocycles. The van der Waals surface area contributed by atoms with Gasteiger partial charge in [-0.15, -0.1) is 0 Å². The fourth-order valence-corrected chi connectivity index (χ4v) is 1.37. The zero-order chi connectivity index (χ0) is 11.2. The number of hydrogen-bond acceptors (Lipinski definition) is 2. The fourth-order valence-electron chi connectivity index (χ4n) is 1.37. The highest BCUT2D eigenvalue weighted by Gasteiger charge is 2.20. The molecule has 0 bridgehead atoms. The minimum Gasteiger partial charge on any atom is -0.330 e. The van der Waals surface area contributed by atoms with E-state index in [2.05, 4.69) is 39.6 Å². The molecule has 0 aliphatic heterocycles. The molecular weight excluding hydrogens is 172 g/mol. The summed E-state index contributed by atoms with van der Waals surface area (Å²) in [5.74, 6) is 0.674. The Morgan fingerprint density at radius 3 is 2.36 bits per heavy atom. The molecule has 0 saturated carbocycles. The van der Waals surface area contributed by atoms with Gasteiger partial charge >= 0.3 is 0 Å². The van der Waals surface area contributed by atoms with E-state index in [4.69, 9.17) is 5.73 Å². The molecule has 1 atom stereocenters. The second-order valence-corrected chi connectivity index (χ2v) is 5.07. The Hall–Kier alpha value is -0.0800. The molecule has 1 unspecified atom stereocenters. The average molecular weight is 200 g/mol. The maximum Gasteiger partial charge on any atom is 0.0147 e. The first-order valence-corrected chi connectivity index (χ1v) is 5.85. The van der Waals surface area contributed by atoms with Crippen molar-refractivity contribution >= 4 is 0 Å². The summed E-state index contributed by atoms with van der Waals surface area (Å²) in [6.45, 7) is 11.1. The summed E-state index contributed by atoms with van der Waals surface area (Å²) in [5.41, 5.74) is 5.93. The predicted molar refractivity (Wildman–Crippen MR) is 64.5 cm³/mol. The van der Waals surface area contributed by atoms with Crippen molar-refractivity contribution in [2.45, 2.75) is 52.5 Å². The van der Waals surface area contributed by atoms with E-state index >= 15 is 0 Å². The molecule has 0 aliphatic rings. The summed E-state index contributed by atoms with van der Waals surface area (Å²) in [6, 6.07) is 0. The lowest BCUT2D eigenvalue weighted by Gasteiger charge is -2.35. The van der Waals surface area contributed by atoms with E-state index in [-0.39, 0.29) is 0 Å². The maximum absolute atomic E-state index is 5.59. The largest absolute Gasteiger partial charge is 0.330 e. The third-order valence-electron chi connectivity index (χ3n) is 3.49. The molecule has 86 valence electrons. The van der Waals surface area contributed by atoms with Crippen molar-refractivity contribution in [3.63, 3.8) is 0 Å². The number of nitrogens with zero attached hydrogens (tertiary/aromatic N) is 1. The average Bonchev–Trinajstić information content (AvgIpc) is 2.17. The van der Waals surface area contributed by atoms with E-state index in [0.29, 0.717) is 11.5 Å². The van der Waals surface area contributed by atoms with Crippen LogP contribution in [0.2, 0.25) is 0 Å². The van der Waals surface area contributed by atoms with E-state index in [1.807, 2.05) is 0 Å². The zero-order valence-corrected chi connectivity index (χ0v) is 10.6. The molecular formula is C12H28N2. The molecule has 0 aromatic heterocycles. The Kier molecular flexibility index (Phi) is 6.38. The van der Waals surface area contributed by atoms with Gasteiger partial charge in [0.15, 0.2) is 0 Å². The molecule has 2 N–H and O–H groups in total. The highest BCUT2D eigenvalue weighted by Crippen LogP contribution is 2.17. The molecule has 0 spiro atoms. The Balaban J connectivity index is 3.69. The van der Waals surface area contributed by atoms with Crippen LogP contribution in [0.3, 0.4) is 0 Å². The minimum atomic E-state index is 0.339. The van der Waals surface area contributed by atoms with Gasteiger partial charge in [-0.25, -0.2) is 0 Å². The second kappa shape index (κ2) is 6.41. The molecule has 0 radical (unpaired) electrons. The molecule has 0 aliphatic carbocycles. The van der Waals surface area contributed by atoms with Crippen LogP contribution in [0.25, 0.3) is 0 Å². The van der Waals surface area contributed by atoms with Crippen molar-refractivity contribution in [1.29, 1.82) is 0 Å². The monoisotopic (exact) mass is 200 g/mol. The fraction of sp³-hybridized carbons (Fsp3) is 1.00. The molecule has 0 amide bonds. The standard InChI is InChI=1S/C12H28N2/c1-6-12(3,4)14(5)9-7-8-11(2)10-13/h11H,6-10,13H2,1-5H3. The van der Waals surface area contributed by atoms with Crippen LogP contribution in [0.1, 0.15) is 47.0 Å². The van der Waals surface area contributed by atoms with Gasteiger partial charge in [0, 0.05) is 5.54 Å². The number of nitrogens with two attached hydrogens (primary N) is 1. The molecule has 14 heavy (non-hydrogen) atoms. The first-order chi connectivity index (χ1) is 6.44. The van der Waals surface area contributed by atoms with Crippen LogP contribution >= 0.6 is 0 Å². The highest BCUT2D eigenvalue weighted by atomic mass is 15.2. The first kappa shape index (κ1) is 13.9.